The van der Waals surface area contributed by atoms with E-state index in [0.717, 1.165) is 17.1 Å². The minimum atomic E-state index is -0.130. The maximum absolute atomic E-state index is 11.7. The number of ether oxygens (including phenoxy) is 2. The molecule has 1 aromatic carbocycles. The van der Waals surface area contributed by atoms with Crippen LogP contribution in [0, 0.1) is 0 Å². The van der Waals surface area contributed by atoms with Gasteiger partial charge < -0.3 is 19.7 Å². The van der Waals surface area contributed by atoms with Crippen LogP contribution in [0.3, 0.4) is 0 Å². The summed E-state index contributed by atoms with van der Waals surface area (Å²) in [5.74, 6) is 1.50. The number of nitrogens with zero attached hydrogens (tertiary/aromatic N) is 1. The summed E-state index contributed by atoms with van der Waals surface area (Å²) in [5, 5.41) is 2.73. The van der Waals surface area contributed by atoms with E-state index in [1.54, 1.807) is 18.0 Å². The quantitative estimate of drug-likeness (QED) is 0.842. The number of carbonyl (C=O) groups excluding carboxylic acids is 1. The summed E-state index contributed by atoms with van der Waals surface area (Å²) >= 11 is 0. The second-order valence-electron chi connectivity index (χ2n) is 4.31. The van der Waals surface area contributed by atoms with Crippen molar-refractivity contribution in [3.63, 3.8) is 0 Å². The Morgan fingerprint density at radius 2 is 2.16 bits per heavy atom. The highest BCUT2D eigenvalue weighted by Gasteiger charge is 2.13. The summed E-state index contributed by atoms with van der Waals surface area (Å²) in [4.78, 5) is 13.3. The molecule has 5 nitrogen and oxygen atoms in total. The summed E-state index contributed by atoms with van der Waals surface area (Å²) in [7, 11) is 1.75. The van der Waals surface area contributed by atoms with Crippen molar-refractivity contribution in [2.24, 2.45) is 0 Å². The SMILES string of the molecule is C=CCNC(=O)N(C)Cc1ccc2c(c1)OCCO2. The van der Waals surface area contributed by atoms with E-state index in [4.69, 9.17) is 9.47 Å². The number of urea groups is 1. The highest BCUT2D eigenvalue weighted by molar-refractivity contribution is 5.74. The highest BCUT2D eigenvalue weighted by atomic mass is 16.6. The van der Waals surface area contributed by atoms with Crippen molar-refractivity contribution in [3.8, 4) is 11.5 Å². The van der Waals surface area contributed by atoms with E-state index in [2.05, 4.69) is 11.9 Å². The zero-order chi connectivity index (χ0) is 13.7. The van der Waals surface area contributed by atoms with Gasteiger partial charge in [0.2, 0.25) is 0 Å². The van der Waals surface area contributed by atoms with Crippen molar-refractivity contribution in [2.75, 3.05) is 26.8 Å². The molecule has 0 bridgehead atoms. The minimum Gasteiger partial charge on any atom is -0.486 e. The molecule has 5 heteroatoms. The van der Waals surface area contributed by atoms with Crippen LogP contribution in [0.1, 0.15) is 5.56 Å². The van der Waals surface area contributed by atoms with Gasteiger partial charge in [-0.1, -0.05) is 12.1 Å². The third-order valence-electron chi connectivity index (χ3n) is 2.77. The van der Waals surface area contributed by atoms with Gasteiger partial charge in [0.25, 0.3) is 0 Å². The molecule has 0 saturated heterocycles. The number of benzene rings is 1. The van der Waals surface area contributed by atoms with Gasteiger partial charge in [-0.2, -0.15) is 0 Å². The Labute approximate surface area is 112 Å². The third-order valence-corrected chi connectivity index (χ3v) is 2.77. The number of amides is 2. The number of hydrogen-bond donors (Lipinski definition) is 1. The van der Waals surface area contributed by atoms with Gasteiger partial charge in [0.1, 0.15) is 13.2 Å². The molecule has 0 radical (unpaired) electrons. The van der Waals surface area contributed by atoms with Crippen LogP contribution in [0.4, 0.5) is 4.79 Å². The molecule has 0 unspecified atom stereocenters. The van der Waals surface area contributed by atoms with Gasteiger partial charge in [0, 0.05) is 20.1 Å². The molecule has 1 heterocycles. The lowest BCUT2D eigenvalue weighted by atomic mass is 10.2. The molecule has 0 atom stereocenters. The van der Waals surface area contributed by atoms with Gasteiger partial charge in [-0.05, 0) is 17.7 Å². The number of fused-ring (bicyclic) bond motifs is 1. The molecule has 0 spiro atoms. The first kappa shape index (κ1) is 13.3. The molecule has 0 aromatic heterocycles. The molecule has 1 aliphatic rings. The molecule has 2 rings (SSSR count). The smallest absolute Gasteiger partial charge is 0.317 e. The number of rotatable bonds is 4. The molecule has 2 amide bonds. The first-order valence-corrected chi connectivity index (χ1v) is 6.19. The van der Waals surface area contributed by atoms with E-state index in [9.17, 15) is 4.79 Å². The molecule has 0 saturated carbocycles. The zero-order valence-electron chi connectivity index (χ0n) is 11.0. The fraction of sp³-hybridized carbons (Fsp3) is 0.357. The Hall–Kier alpha value is -2.17. The van der Waals surface area contributed by atoms with Crippen LogP contribution in [0.2, 0.25) is 0 Å². The molecular weight excluding hydrogens is 244 g/mol. The first-order chi connectivity index (χ1) is 9.20. The Bertz CT molecular complexity index is 474. The molecule has 1 aromatic rings. The summed E-state index contributed by atoms with van der Waals surface area (Å²) in [5.41, 5.74) is 1.00. The monoisotopic (exact) mass is 262 g/mol. The Morgan fingerprint density at radius 1 is 1.42 bits per heavy atom. The lowest BCUT2D eigenvalue weighted by Gasteiger charge is -2.21. The molecule has 0 aliphatic carbocycles. The first-order valence-electron chi connectivity index (χ1n) is 6.19. The Balaban J connectivity index is 1.98. The molecule has 102 valence electrons. The van der Waals surface area contributed by atoms with Crippen molar-refractivity contribution in [3.05, 3.63) is 36.4 Å². The topological polar surface area (TPSA) is 50.8 Å². The number of carbonyl (C=O) groups is 1. The molecule has 1 aliphatic heterocycles. The minimum absolute atomic E-state index is 0.130. The maximum atomic E-state index is 11.7. The van der Waals surface area contributed by atoms with Crippen LogP contribution in [-0.4, -0.2) is 37.7 Å². The van der Waals surface area contributed by atoms with Crippen LogP contribution in [-0.2, 0) is 6.54 Å². The second kappa shape index (κ2) is 6.13. The summed E-state index contributed by atoms with van der Waals surface area (Å²) in [6, 6.07) is 5.59. The maximum Gasteiger partial charge on any atom is 0.317 e. The van der Waals surface area contributed by atoms with Crippen LogP contribution in [0.15, 0.2) is 30.9 Å². The fourth-order valence-corrected chi connectivity index (χ4v) is 1.83. The van der Waals surface area contributed by atoms with E-state index in [0.29, 0.717) is 26.3 Å². The summed E-state index contributed by atoms with van der Waals surface area (Å²) in [6.07, 6.45) is 1.65. The van der Waals surface area contributed by atoms with Crippen LogP contribution in [0.25, 0.3) is 0 Å². The summed E-state index contributed by atoms with van der Waals surface area (Å²) in [6.45, 7) is 5.68. The molecule has 1 N–H and O–H groups in total. The standard InChI is InChI=1S/C14H18N2O3/c1-3-6-15-14(17)16(2)10-11-4-5-12-13(9-11)19-8-7-18-12/h3-5,9H,1,6-8,10H2,2H3,(H,15,17). The van der Waals surface area contributed by atoms with Gasteiger partial charge in [-0.15, -0.1) is 6.58 Å². The van der Waals surface area contributed by atoms with Crippen molar-refractivity contribution >= 4 is 6.03 Å². The van der Waals surface area contributed by atoms with Crippen LogP contribution < -0.4 is 14.8 Å². The van der Waals surface area contributed by atoms with Crippen LogP contribution >= 0.6 is 0 Å². The van der Waals surface area contributed by atoms with E-state index in [1.165, 1.54) is 0 Å². The van der Waals surface area contributed by atoms with E-state index < -0.39 is 0 Å². The van der Waals surface area contributed by atoms with E-state index in [1.807, 2.05) is 18.2 Å². The predicted molar refractivity (Wildman–Crippen MR) is 72.5 cm³/mol. The lowest BCUT2D eigenvalue weighted by molar-refractivity contribution is 0.171. The number of hydrogen-bond acceptors (Lipinski definition) is 3. The fourth-order valence-electron chi connectivity index (χ4n) is 1.83. The van der Waals surface area contributed by atoms with E-state index >= 15 is 0 Å². The normalized spacial score (nSPS) is 12.7. The van der Waals surface area contributed by atoms with Gasteiger partial charge >= 0.3 is 6.03 Å². The van der Waals surface area contributed by atoms with Crippen molar-refractivity contribution in [1.29, 1.82) is 0 Å². The summed E-state index contributed by atoms with van der Waals surface area (Å²) < 4.78 is 11.0. The lowest BCUT2D eigenvalue weighted by Crippen LogP contribution is -2.36. The zero-order valence-corrected chi connectivity index (χ0v) is 11.0. The van der Waals surface area contributed by atoms with Gasteiger partial charge in [-0.3, -0.25) is 0 Å². The van der Waals surface area contributed by atoms with Crippen molar-refractivity contribution in [1.82, 2.24) is 10.2 Å². The van der Waals surface area contributed by atoms with Gasteiger partial charge in [-0.25, -0.2) is 4.79 Å². The predicted octanol–water partition coefficient (Wildman–Crippen LogP) is 1.79. The van der Waals surface area contributed by atoms with Crippen molar-refractivity contribution in [2.45, 2.75) is 6.54 Å². The Kier molecular flexibility index (Phi) is 4.28. The average molecular weight is 262 g/mol. The van der Waals surface area contributed by atoms with Crippen LogP contribution in [0.5, 0.6) is 11.5 Å². The molecular formula is C14H18N2O3. The van der Waals surface area contributed by atoms with E-state index in [-0.39, 0.29) is 6.03 Å². The number of nitrogens with one attached hydrogen (secondary N) is 1. The molecule has 19 heavy (non-hydrogen) atoms. The van der Waals surface area contributed by atoms with Gasteiger partial charge in [0.05, 0.1) is 0 Å². The molecule has 0 fully saturated rings. The highest BCUT2D eigenvalue weighted by Crippen LogP contribution is 2.30. The van der Waals surface area contributed by atoms with Gasteiger partial charge in [0.15, 0.2) is 11.5 Å². The average Bonchev–Trinajstić information content (AvgIpc) is 2.44. The third kappa shape index (κ3) is 3.40. The largest absolute Gasteiger partial charge is 0.486 e. The van der Waals surface area contributed by atoms with Crippen molar-refractivity contribution < 1.29 is 14.3 Å². The second-order valence-corrected chi connectivity index (χ2v) is 4.31. The Morgan fingerprint density at radius 3 is 2.89 bits per heavy atom.